The van der Waals surface area contributed by atoms with Crippen molar-refractivity contribution in [3.8, 4) is 5.75 Å². The van der Waals surface area contributed by atoms with Crippen LogP contribution in [0.3, 0.4) is 0 Å². The second-order valence-electron chi connectivity index (χ2n) is 7.95. The third-order valence-corrected chi connectivity index (χ3v) is 6.67. The molecule has 0 aromatic heterocycles. The molecule has 3 aliphatic rings. The highest BCUT2D eigenvalue weighted by Crippen LogP contribution is 2.38. The Morgan fingerprint density at radius 1 is 1.37 bits per heavy atom. The molecule has 27 heavy (non-hydrogen) atoms. The van der Waals surface area contributed by atoms with Crippen molar-refractivity contribution in [1.29, 1.82) is 0 Å². The molecule has 1 aromatic rings. The first-order valence-corrected chi connectivity index (χ1v) is 11.5. The summed E-state index contributed by atoms with van der Waals surface area (Å²) in [7, 11) is -3.28. The molecule has 1 aromatic carbocycles. The molecular weight excluding hydrogens is 366 g/mol. The molecule has 8 heteroatoms. The Bertz CT molecular complexity index is 841. The molecule has 3 aliphatic heterocycles. The summed E-state index contributed by atoms with van der Waals surface area (Å²) in [6.07, 6.45) is 5.43. The van der Waals surface area contributed by atoms with Gasteiger partial charge in [-0.25, -0.2) is 13.1 Å². The van der Waals surface area contributed by atoms with E-state index < -0.39 is 15.6 Å². The molecule has 1 unspecified atom stereocenters. The average Bonchev–Trinajstić information content (AvgIpc) is 3.21. The summed E-state index contributed by atoms with van der Waals surface area (Å²) in [6, 6.07) is 5.85. The zero-order chi connectivity index (χ0) is 19.1. The van der Waals surface area contributed by atoms with E-state index in [1.54, 1.807) is 0 Å². The van der Waals surface area contributed by atoms with Crippen LogP contribution in [0.25, 0.3) is 0 Å². The first-order valence-electron chi connectivity index (χ1n) is 9.61. The molecule has 148 valence electrons. The van der Waals surface area contributed by atoms with Crippen LogP contribution in [0.2, 0.25) is 0 Å². The Balaban J connectivity index is 1.45. The number of hydrogen-bond acceptors (Lipinski definition) is 5. The van der Waals surface area contributed by atoms with Gasteiger partial charge in [0.15, 0.2) is 0 Å². The number of sulfonamides is 1. The van der Waals surface area contributed by atoms with Crippen LogP contribution in [-0.2, 0) is 27.8 Å². The summed E-state index contributed by atoms with van der Waals surface area (Å²) in [6.45, 7) is 2.63. The fourth-order valence-corrected chi connectivity index (χ4v) is 5.52. The molecule has 0 aliphatic carbocycles. The number of rotatable bonds is 5. The van der Waals surface area contributed by atoms with Crippen LogP contribution in [-0.4, -0.2) is 56.8 Å². The van der Waals surface area contributed by atoms with Gasteiger partial charge in [0.25, 0.3) is 0 Å². The van der Waals surface area contributed by atoms with Gasteiger partial charge in [-0.3, -0.25) is 9.69 Å². The van der Waals surface area contributed by atoms with E-state index in [-0.39, 0.29) is 11.9 Å². The number of carbonyl (C=O) groups excluding carboxylic acids is 1. The molecule has 7 nitrogen and oxygen atoms in total. The highest BCUT2D eigenvalue weighted by atomic mass is 32.2. The number of hydrogen-bond donors (Lipinski definition) is 2. The lowest BCUT2D eigenvalue weighted by atomic mass is 9.85. The second kappa shape index (κ2) is 7.07. The Morgan fingerprint density at radius 2 is 2.22 bits per heavy atom. The monoisotopic (exact) mass is 393 g/mol. The SMILES string of the molecule is CS(=O)(=O)NC1CN2CCCC[C@]2(C(=O)NCc2ccc3c(c2)CCO3)C1. The topological polar surface area (TPSA) is 87.7 Å². The summed E-state index contributed by atoms with van der Waals surface area (Å²) in [5.41, 5.74) is 1.66. The van der Waals surface area contributed by atoms with Crippen LogP contribution in [0.5, 0.6) is 5.75 Å². The van der Waals surface area contributed by atoms with E-state index >= 15 is 0 Å². The zero-order valence-electron chi connectivity index (χ0n) is 15.7. The van der Waals surface area contributed by atoms with Crippen molar-refractivity contribution in [2.24, 2.45) is 0 Å². The van der Waals surface area contributed by atoms with Gasteiger partial charge in [-0.2, -0.15) is 0 Å². The van der Waals surface area contributed by atoms with Crippen molar-refractivity contribution in [3.05, 3.63) is 29.3 Å². The van der Waals surface area contributed by atoms with Gasteiger partial charge in [0.05, 0.1) is 12.9 Å². The predicted molar refractivity (Wildman–Crippen MR) is 102 cm³/mol. The summed E-state index contributed by atoms with van der Waals surface area (Å²) >= 11 is 0. The Hall–Kier alpha value is -1.64. The van der Waals surface area contributed by atoms with E-state index in [1.165, 1.54) is 11.8 Å². The maximum absolute atomic E-state index is 13.2. The van der Waals surface area contributed by atoms with E-state index in [1.807, 2.05) is 12.1 Å². The normalized spacial score (nSPS) is 27.7. The maximum Gasteiger partial charge on any atom is 0.240 e. The largest absolute Gasteiger partial charge is 0.493 e. The van der Waals surface area contributed by atoms with Gasteiger partial charge in [-0.05, 0) is 49.4 Å². The zero-order valence-corrected chi connectivity index (χ0v) is 16.5. The van der Waals surface area contributed by atoms with Crippen LogP contribution in [0.15, 0.2) is 18.2 Å². The molecular formula is C19H27N3O4S. The van der Waals surface area contributed by atoms with E-state index in [0.29, 0.717) is 19.5 Å². The Labute approximate surface area is 160 Å². The van der Waals surface area contributed by atoms with E-state index in [0.717, 1.165) is 50.1 Å². The standard InChI is InChI=1S/C19H27N3O4S/c1-27(24,25)21-16-11-19(7-2-3-8-22(19)13-16)18(23)20-12-14-4-5-17-15(10-14)6-9-26-17/h4-5,10,16,21H,2-3,6-9,11-13H2,1H3,(H,20,23)/t16?,19-/m1/s1. The van der Waals surface area contributed by atoms with Gasteiger partial charge in [0.1, 0.15) is 11.3 Å². The number of nitrogens with zero attached hydrogens (tertiary/aromatic N) is 1. The molecule has 3 heterocycles. The number of amides is 1. The molecule has 0 radical (unpaired) electrons. The third-order valence-electron chi connectivity index (χ3n) is 5.91. The minimum absolute atomic E-state index is 0.0109. The molecule has 1 amide bonds. The number of fused-ring (bicyclic) bond motifs is 2. The molecule has 2 atom stereocenters. The number of ether oxygens (including phenoxy) is 1. The van der Waals surface area contributed by atoms with E-state index in [2.05, 4.69) is 21.0 Å². The number of benzene rings is 1. The van der Waals surface area contributed by atoms with Crippen molar-refractivity contribution in [2.45, 2.75) is 50.2 Å². The molecule has 0 saturated carbocycles. The van der Waals surface area contributed by atoms with Crippen molar-refractivity contribution in [2.75, 3.05) is 26.0 Å². The lowest BCUT2D eigenvalue weighted by Crippen LogP contribution is -2.57. The van der Waals surface area contributed by atoms with Gasteiger partial charge in [-0.1, -0.05) is 12.1 Å². The smallest absolute Gasteiger partial charge is 0.240 e. The predicted octanol–water partition coefficient (Wildman–Crippen LogP) is 0.784. The summed E-state index contributed by atoms with van der Waals surface area (Å²) in [5, 5.41) is 3.11. The molecule has 2 saturated heterocycles. The lowest BCUT2D eigenvalue weighted by Gasteiger charge is -2.40. The maximum atomic E-state index is 13.2. The van der Waals surface area contributed by atoms with Crippen molar-refractivity contribution in [1.82, 2.24) is 14.9 Å². The quantitative estimate of drug-likeness (QED) is 0.772. The first-order chi connectivity index (χ1) is 12.9. The summed E-state index contributed by atoms with van der Waals surface area (Å²) in [5.74, 6) is 0.948. The summed E-state index contributed by atoms with van der Waals surface area (Å²) < 4.78 is 31.5. The van der Waals surface area contributed by atoms with Crippen molar-refractivity contribution in [3.63, 3.8) is 0 Å². The number of piperidine rings is 1. The average molecular weight is 394 g/mol. The minimum atomic E-state index is -3.28. The molecule has 4 rings (SSSR count). The third kappa shape index (κ3) is 3.83. The molecule has 2 fully saturated rings. The van der Waals surface area contributed by atoms with Gasteiger partial charge < -0.3 is 10.1 Å². The first kappa shape index (κ1) is 18.7. The molecule has 0 bridgehead atoms. The number of carbonyl (C=O) groups is 1. The number of nitrogens with one attached hydrogen (secondary N) is 2. The Morgan fingerprint density at radius 3 is 3.04 bits per heavy atom. The van der Waals surface area contributed by atoms with Crippen LogP contribution in [0.1, 0.15) is 36.8 Å². The van der Waals surface area contributed by atoms with Crippen LogP contribution >= 0.6 is 0 Å². The van der Waals surface area contributed by atoms with Crippen molar-refractivity contribution >= 4 is 15.9 Å². The second-order valence-corrected chi connectivity index (χ2v) is 9.73. The highest BCUT2D eigenvalue weighted by molar-refractivity contribution is 7.88. The fourth-order valence-electron chi connectivity index (χ4n) is 4.76. The fraction of sp³-hybridized carbons (Fsp3) is 0.632. The van der Waals surface area contributed by atoms with Crippen molar-refractivity contribution < 1.29 is 17.9 Å². The van der Waals surface area contributed by atoms with Gasteiger partial charge in [-0.15, -0.1) is 0 Å². The Kier molecular flexibility index (Phi) is 4.90. The van der Waals surface area contributed by atoms with Crippen LogP contribution in [0.4, 0.5) is 0 Å². The lowest BCUT2D eigenvalue weighted by molar-refractivity contribution is -0.134. The van der Waals surface area contributed by atoms with Gasteiger partial charge in [0, 0.05) is 25.6 Å². The molecule has 2 N–H and O–H groups in total. The minimum Gasteiger partial charge on any atom is -0.493 e. The van der Waals surface area contributed by atoms with Crippen LogP contribution in [0, 0.1) is 0 Å². The van der Waals surface area contributed by atoms with Gasteiger partial charge >= 0.3 is 0 Å². The molecule has 0 spiro atoms. The van der Waals surface area contributed by atoms with E-state index in [4.69, 9.17) is 4.74 Å². The van der Waals surface area contributed by atoms with E-state index in [9.17, 15) is 13.2 Å². The highest BCUT2D eigenvalue weighted by Gasteiger charge is 2.52. The summed E-state index contributed by atoms with van der Waals surface area (Å²) in [4.78, 5) is 15.3. The van der Waals surface area contributed by atoms with Crippen LogP contribution < -0.4 is 14.8 Å². The van der Waals surface area contributed by atoms with Gasteiger partial charge in [0.2, 0.25) is 15.9 Å².